The molecule has 1 rings (SSSR count). The Morgan fingerprint density at radius 1 is 1.24 bits per heavy atom. The Kier molecular flexibility index (Phi) is 4.75. The second-order valence-corrected chi connectivity index (χ2v) is 6.04. The molecule has 0 spiro atoms. The topological polar surface area (TPSA) is 20.3 Å². The first kappa shape index (κ1) is 14.2. The zero-order chi connectivity index (χ0) is 13.1. The Bertz CT molecular complexity index is 378. The summed E-state index contributed by atoms with van der Waals surface area (Å²) < 4.78 is 0. The lowest BCUT2D eigenvalue weighted by atomic mass is 9.86. The average molecular weight is 298 g/mol. The molecule has 3 heteroatoms. The van der Waals surface area contributed by atoms with Crippen molar-refractivity contribution in [1.29, 1.82) is 0 Å². The van der Waals surface area contributed by atoms with Gasteiger partial charge < -0.3 is 4.90 Å². The monoisotopic (exact) mass is 297 g/mol. The molecule has 0 heterocycles. The van der Waals surface area contributed by atoms with Gasteiger partial charge in [0.05, 0.1) is 0 Å². The van der Waals surface area contributed by atoms with Crippen LogP contribution in [0.3, 0.4) is 0 Å². The van der Waals surface area contributed by atoms with Gasteiger partial charge in [-0.15, -0.1) is 0 Å². The van der Waals surface area contributed by atoms with E-state index in [1.54, 1.807) is 4.90 Å². The minimum Gasteiger partial charge on any atom is -0.341 e. The third kappa shape index (κ3) is 3.84. The van der Waals surface area contributed by atoms with E-state index < -0.39 is 0 Å². The van der Waals surface area contributed by atoms with E-state index in [0.29, 0.717) is 0 Å². The molecule has 0 atom stereocenters. The van der Waals surface area contributed by atoms with Gasteiger partial charge in [0, 0.05) is 24.5 Å². The summed E-state index contributed by atoms with van der Waals surface area (Å²) in [6.45, 7) is 7.22. The summed E-state index contributed by atoms with van der Waals surface area (Å²) in [4.78, 5) is 13.7. The second-order valence-electron chi connectivity index (χ2n) is 5.24. The molecule has 0 saturated heterocycles. The molecule has 0 saturated carbocycles. The van der Waals surface area contributed by atoms with E-state index in [1.807, 2.05) is 31.3 Å². The number of carbonyl (C=O) groups is 1. The summed E-state index contributed by atoms with van der Waals surface area (Å²) in [5, 5.41) is 0.801. The minimum absolute atomic E-state index is 0.0740. The summed E-state index contributed by atoms with van der Waals surface area (Å²) in [5.41, 5.74) is 2.13. The van der Waals surface area contributed by atoms with Crippen molar-refractivity contribution in [2.75, 3.05) is 18.9 Å². The number of rotatable bonds is 3. The molecule has 0 N–H and O–H groups in total. The van der Waals surface area contributed by atoms with Crippen molar-refractivity contribution in [2.24, 2.45) is 0 Å². The van der Waals surface area contributed by atoms with Gasteiger partial charge in [-0.3, -0.25) is 4.79 Å². The highest BCUT2D eigenvalue weighted by atomic mass is 79.9. The van der Waals surface area contributed by atoms with E-state index in [2.05, 4.69) is 36.7 Å². The van der Waals surface area contributed by atoms with E-state index in [4.69, 9.17) is 0 Å². The Balaban J connectivity index is 2.84. The quantitative estimate of drug-likeness (QED) is 0.783. The van der Waals surface area contributed by atoms with E-state index in [1.165, 1.54) is 5.56 Å². The van der Waals surface area contributed by atoms with Gasteiger partial charge in [0.1, 0.15) is 0 Å². The summed E-state index contributed by atoms with van der Waals surface area (Å²) in [7, 11) is 1.82. The standard InChI is InChI=1S/C14H20BrNO/c1-14(2,3)12-7-5-11(6-8-12)13(17)16(4)10-9-15/h5-8H,9-10H2,1-4H3. The number of hydrogen-bond donors (Lipinski definition) is 0. The molecule has 0 fully saturated rings. The second kappa shape index (κ2) is 5.67. The molecule has 0 aliphatic carbocycles. The fourth-order valence-corrected chi connectivity index (χ4v) is 2.09. The first-order valence-corrected chi connectivity index (χ1v) is 6.90. The highest BCUT2D eigenvalue weighted by molar-refractivity contribution is 9.09. The normalized spacial score (nSPS) is 11.4. The molecule has 2 nitrogen and oxygen atoms in total. The summed E-state index contributed by atoms with van der Waals surface area (Å²) in [6.07, 6.45) is 0. The fraction of sp³-hybridized carbons (Fsp3) is 0.500. The lowest BCUT2D eigenvalue weighted by Crippen LogP contribution is -2.28. The van der Waals surface area contributed by atoms with Crippen LogP contribution in [-0.2, 0) is 5.41 Å². The van der Waals surface area contributed by atoms with Crippen LogP contribution in [0.25, 0.3) is 0 Å². The van der Waals surface area contributed by atoms with E-state index >= 15 is 0 Å². The molecule has 1 amide bonds. The maximum absolute atomic E-state index is 12.0. The number of nitrogens with zero attached hydrogens (tertiary/aromatic N) is 1. The van der Waals surface area contributed by atoms with Gasteiger partial charge in [-0.2, -0.15) is 0 Å². The smallest absolute Gasteiger partial charge is 0.253 e. The fourth-order valence-electron chi connectivity index (χ4n) is 1.56. The van der Waals surface area contributed by atoms with Crippen LogP contribution < -0.4 is 0 Å². The maximum Gasteiger partial charge on any atom is 0.253 e. The van der Waals surface area contributed by atoms with Crippen LogP contribution in [0, 0.1) is 0 Å². The summed E-state index contributed by atoms with van der Waals surface area (Å²) >= 11 is 3.33. The first-order chi connectivity index (χ1) is 7.86. The molecule has 94 valence electrons. The van der Waals surface area contributed by atoms with Gasteiger partial charge in [-0.05, 0) is 23.1 Å². The number of halogens is 1. The summed E-state index contributed by atoms with van der Waals surface area (Å²) in [6, 6.07) is 7.89. The molecule has 0 radical (unpaired) electrons. The van der Waals surface area contributed by atoms with Crippen LogP contribution in [-0.4, -0.2) is 29.7 Å². The van der Waals surface area contributed by atoms with Crippen LogP contribution in [0.2, 0.25) is 0 Å². The molecule has 0 aliphatic rings. The Morgan fingerprint density at radius 2 is 1.76 bits per heavy atom. The Morgan fingerprint density at radius 3 is 2.18 bits per heavy atom. The predicted octanol–water partition coefficient (Wildman–Crippen LogP) is 3.45. The van der Waals surface area contributed by atoms with Crippen molar-refractivity contribution in [3.05, 3.63) is 35.4 Å². The maximum atomic E-state index is 12.0. The predicted molar refractivity (Wildman–Crippen MR) is 75.9 cm³/mol. The zero-order valence-corrected chi connectivity index (χ0v) is 12.5. The van der Waals surface area contributed by atoms with Crippen LogP contribution in [0.1, 0.15) is 36.7 Å². The molecule has 0 aliphatic heterocycles. The molecular weight excluding hydrogens is 278 g/mol. The SMILES string of the molecule is CN(CCBr)C(=O)c1ccc(C(C)(C)C)cc1. The van der Waals surface area contributed by atoms with Crippen molar-refractivity contribution in [3.63, 3.8) is 0 Å². The molecule has 0 aromatic heterocycles. The number of hydrogen-bond acceptors (Lipinski definition) is 1. The van der Waals surface area contributed by atoms with Gasteiger partial charge in [-0.25, -0.2) is 0 Å². The molecule has 1 aromatic rings. The van der Waals surface area contributed by atoms with Crippen LogP contribution in [0.4, 0.5) is 0 Å². The van der Waals surface area contributed by atoms with Gasteiger partial charge >= 0.3 is 0 Å². The van der Waals surface area contributed by atoms with Crippen molar-refractivity contribution in [1.82, 2.24) is 4.90 Å². The van der Waals surface area contributed by atoms with Crippen molar-refractivity contribution < 1.29 is 4.79 Å². The van der Waals surface area contributed by atoms with Gasteiger partial charge in [-0.1, -0.05) is 48.8 Å². The van der Waals surface area contributed by atoms with E-state index in [-0.39, 0.29) is 11.3 Å². The summed E-state index contributed by atoms with van der Waals surface area (Å²) in [5.74, 6) is 0.0740. The molecular formula is C14H20BrNO. The van der Waals surface area contributed by atoms with Crippen LogP contribution in [0.15, 0.2) is 24.3 Å². The number of amides is 1. The number of benzene rings is 1. The van der Waals surface area contributed by atoms with Gasteiger partial charge in [0.25, 0.3) is 5.91 Å². The number of alkyl halides is 1. The zero-order valence-electron chi connectivity index (χ0n) is 11.0. The lowest BCUT2D eigenvalue weighted by Gasteiger charge is -2.20. The molecule has 1 aromatic carbocycles. The van der Waals surface area contributed by atoms with Gasteiger partial charge in [0.15, 0.2) is 0 Å². The van der Waals surface area contributed by atoms with E-state index in [0.717, 1.165) is 17.4 Å². The van der Waals surface area contributed by atoms with Gasteiger partial charge in [0.2, 0.25) is 0 Å². The number of carbonyl (C=O) groups excluding carboxylic acids is 1. The third-order valence-corrected chi connectivity index (χ3v) is 3.12. The minimum atomic E-state index is 0.0740. The average Bonchev–Trinajstić information content (AvgIpc) is 2.27. The Hall–Kier alpha value is -0.830. The van der Waals surface area contributed by atoms with Crippen LogP contribution in [0.5, 0.6) is 0 Å². The molecule has 17 heavy (non-hydrogen) atoms. The largest absolute Gasteiger partial charge is 0.341 e. The van der Waals surface area contributed by atoms with Crippen LogP contribution >= 0.6 is 15.9 Å². The molecule has 0 bridgehead atoms. The Labute approximate surface area is 112 Å². The van der Waals surface area contributed by atoms with E-state index in [9.17, 15) is 4.79 Å². The highest BCUT2D eigenvalue weighted by Gasteiger charge is 2.15. The van der Waals surface area contributed by atoms with Crippen molar-refractivity contribution >= 4 is 21.8 Å². The van der Waals surface area contributed by atoms with Crippen molar-refractivity contribution in [3.8, 4) is 0 Å². The lowest BCUT2D eigenvalue weighted by molar-refractivity contribution is 0.0804. The molecule has 0 unspecified atom stereocenters. The third-order valence-electron chi connectivity index (χ3n) is 2.76. The highest BCUT2D eigenvalue weighted by Crippen LogP contribution is 2.22. The first-order valence-electron chi connectivity index (χ1n) is 5.78. The van der Waals surface area contributed by atoms with Crippen molar-refractivity contribution in [2.45, 2.75) is 26.2 Å².